The van der Waals surface area contributed by atoms with Crippen molar-refractivity contribution in [1.82, 2.24) is 4.98 Å². The maximum absolute atomic E-state index is 14.5. The minimum Gasteiger partial charge on any atom is -0.482 e. The maximum atomic E-state index is 14.5. The van der Waals surface area contributed by atoms with E-state index in [1.165, 1.54) is 13.0 Å². The van der Waals surface area contributed by atoms with E-state index >= 15 is 0 Å². The van der Waals surface area contributed by atoms with Gasteiger partial charge in [-0.05, 0) is 37.3 Å². The van der Waals surface area contributed by atoms with Gasteiger partial charge in [0.2, 0.25) is 0 Å². The van der Waals surface area contributed by atoms with Crippen molar-refractivity contribution in [2.75, 3.05) is 11.9 Å². The number of hydrogen-bond donors (Lipinski definition) is 2. The summed E-state index contributed by atoms with van der Waals surface area (Å²) in [6, 6.07) is 5.58. The second-order valence-corrected chi connectivity index (χ2v) is 6.06. The summed E-state index contributed by atoms with van der Waals surface area (Å²) in [6.07, 6.45) is -1.30. The maximum Gasteiger partial charge on any atom is 0.310 e. The Balaban J connectivity index is 1.99. The Morgan fingerprint density at radius 1 is 1.25 bits per heavy atom. The average Bonchev–Trinajstić information content (AvgIpc) is 2.63. The number of carbonyl (C=O) groups is 1. The lowest BCUT2D eigenvalue weighted by molar-refractivity contribution is 0.102. The van der Waals surface area contributed by atoms with E-state index in [2.05, 4.69) is 15.3 Å². The fraction of sp³-hybridized carbons (Fsp3) is 0.167. The molecule has 0 fully saturated rings. The summed E-state index contributed by atoms with van der Waals surface area (Å²) in [7, 11) is 0. The number of aliphatic imine (C=N–C) groups is 1. The molecule has 1 aromatic carbocycles. The Labute approximate surface area is 156 Å². The lowest BCUT2D eigenvalue weighted by Gasteiger charge is -2.32. The van der Waals surface area contributed by atoms with E-state index in [4.69, 9.17) is 10.5 Å². The number of nitrogens with two attached hydrogens (primary N) is 1. The summed E-state index contributed by atoms with van der Waals surface area (Å²) in [5.74, 6) is -3.07. The SMILES string of the molecule is CC1(c2cc(NC(=O)c3ccc(F)cn3)ccc2F)N=C(N)COC1=C(F)F. The fourth-order valence-corrected chi connectivity index (χ4v) is 2.76. The summed E-state index contributed by atoms with van der Waals surface area (Å²) in [6.45, 7) is 0.871. The van der Waals surface area contributed by atoms with E-state index in [1.54, 1.807) is 0 Å². The van der Waals surface area contributed by atoms with Gasteiger partial charge < -0.3 is 15.8 Å². The van der Waals surface area contributed by atoms with E-state index in [0.717, 1.165) is 30.5 Å². The zero-order valence-corrected chi connectivity index (χ0v) is 14.5. The van der Waals surface area contributed by atoms with Gasteiger partial charge in [-0.1, -0.05) is 0 Å². The molecular formula is C18H14F4N4O2. The number of pyridine rings is 1. The molecule has 1 atom stereocenters. The van der Waals surface area contributed by atoms with Crippen LogP contribution in [-0.2, 0) is 10.3 Å². The molecule has 1 aliphatic heterocycles. The first-order valence-corrected chi connectivity index (χ1v) is 7.96. The monoisotopic (exact) mass is 394 g/mol. The molecule has 3 N–H and O–H groups in total. The lowest BCUT2D eigenvalue weighted by atomic mass is 9.89. The Morgan fingerprint density at radius 3 is 2.64 bits per heavy atom. The first-order valence-electron chi connectivity index (χ1n) is 7.96. The van der Waals surface area contributed by atoms with Gasteiger partial charge in [0.15, 0.2) is 11.3 Å². The molecule has 28 heavy (non-hydrogen) atoms. The number of halogens is 4. The van der Waals surface area contributed by atoms with Gasteiger partial charge in [-0.15, -0.1) is 0 Å². The van der Waals surface area contributed by atoms with Gasteiger partial charge in [-0.25, -0.2) is 18.8 Å². The van der Waals surface area contributed by atoms with Crippen LogP contribution in [0.3, 0.4) is 0 Å². The highest BCUT2D eigenvalue weighted by molar-refractivity contribution is 6.02. The molecule has 0 saturated heterocycles. The van der Waals surface area contributed by atoms with Gasteiger partial charge in [-0.3, -0.25) is 4.79 Å². The van der Waals surface area contributed by atoms with E-state index in [9.17, 15) is 22.4 Å². The van der Waals surface area contributed by atoms with Crippen LogP contribution in [-0.4, -0.2) is 23.3 Å². The predicted molar refractivity (Wildman–Crippen MR) is 92.7 cm³/mol. The van der Waals surface area contributed by atoms with Crippen LogP contribution in [0.1, 0.15) is 23.0 Å². The summed E-state index contributed by atoms with van der Waals surface area (Å²) < 4.78 is 59.0. The number of carbonyl (C=O) groups excluding carboxylic acids is 1. The third kappa shape index (κ3) is 3.66. The van der Waals surface area contributed by atoms with Crippen molar-refractivity contribution in [3.8, 4) is 0 Å². The van der Waals surface area contributed by atoms with Crippen molar-refractivity contribution < 1.29 is 27.1 Å². The Kier molecular flexibility index (Phi) is 5.04. The number of anilines is 1. The number of benzene rings is 1. The van der Waals surface area contributed by atoms with Crippen LogP contribution in [0.25, 0.3) is 0 Å². The molecule has 2 heterocycles. The van der Waals surface area contributed by atoms with E-state index < -0.39 is 34.9 Å². The molecule has 0 radical (unpaired) electrons. The smallest absolute Gasteiger partial charge is 0.310 e. The summed E-state index contributed by atoms with van der Waals surface area (Å²) in [5.41, 5.74) is 3.41. The zero-order valence-electron chi connectivity index (χ0n) is 14.5. The van der Waals surface area contributed by atoms with E-state index in [-0.39, 0.29) is 29.4 Å². The molecule has 1 aliphatic rings. The summed E-state index contributed by atoms with van der Waals surface area (Å²) in [5, 5.41) is 2.44. The van der Waals surface area contributed by atoms with Gasteiger partial charge in [0.25, 0.3) is 5.91 Å². The number of aromatic nitrogens is 1. The van der Waals surface area contributed by atoms with Gasteiger partial charge in [0, 0.05) is 11.3 Å². The molecule has 0 spiro atoms. The normalized spacial score (nSPS) is 18.9. The lowest BCUT2D eigenvalue weighted by Crippen LogP contribution is -2.37. The highest BCUT2D eigenvalue weighted by Gasteiger charge is 2.41. The van der Waals surface area contributed by atoms with E-state index in [0.29, 0.717) is 0 Å². The number of amides is 1. The fourth-order valence-electron chi connectivity index (χ4n) is 2.76. The van der Waals surface area contributed by atoms with Crippen molar-refractivity contribution >= 4 is 17.4 Å². The third-order valence-electron chi connectivity index (χ3n) is 4.05. The van der Waals surface area contributed by atoms with Crippen molar-refractivity contribution in [2.24, 2.45) is 10.7 Å². The molecule has 0 bridgehead atoms. The molecule has 2 aromatic rings. The van der Waals surface area contributed by atoms with E-state index in [1.807, 2.05) is 0 Å². The quantitative estimate of drug-likeness (QED) is 0.782. The standard InChI is InChI=1S/C18H14F4N4O2/c1-18(15(16(21)22)28-8-14(23)26-18)11-6-10(3-4-12(11)20)25-17(27)13-5-2-9(19)7-24-13/h2-7H,8H2,1H3,(H2,23,26)(H,25,27). The Bertz CT molecular complexity index is 988. The molecule has 1 amide bonds. The van der Waals surface area contributed by atoms with Crippen LogP contribution >= 0.6 is 0 Å². The Morgan fingerprint density at radius 2 is 2.00 bits per heavy atom. The van der Waals surface area contributed by atoms with Crippen LogP contribution in [0.2, 0.25) is 0 Å². The highest BCUT2D eigenvalue weighted by Crippen LogP contribution is 2.41. The summed E-state index contributed by atoms with van der Waals surface area (Å²) in [4.78, 5) is 19.8. The largest absolute Gasteiger partial charge is 0.482 e. The van der Waals surface area contributed by atoms with Crippen LogP contribution in [0.4, 0.5) is 23.2 Å². The molecule has 1 aromatic heterocycles. The number of ether oxygens (including phenoxy) is 1. The molecule has 6 nitrogen and oxygen atoms in total. The van der Waals surface area contributed by atoms with Gasteiger partial charge >= 0.3 is 6.08 Å². The number of nitrogens with zero attached hydrogens (tertiary/aromatic N) is 2. The third-order valence-corrected chi connectivity index (χ3v) is 4.05. The summed E-state index contributed by atoms with van der Waals surface area (Å²) >= 11 is 0. The predicted octanol–water partition coefficient (Wildman–Crippen LogP) is 3.32. The average molecular weight is 394 g/mol. The van der Waals surface area contributed by atoms with Crippen LogP contribution in [0.5, 0.6) is 0 Å². The van der Waals surface area contributed by atoms with Crippen molar-refractivity contribution in [3.63, 3.8) is 0 Å². The molecule has 0 aliphatic carbocycles. The topological polar surface area (TPSA) is 89.6 Å². The molecule has 146 valence electrons. The first kappa shape index (κ1) is 19.3. The number of nitrogens with one attached hydrogen (secondary N) is 1. The second-order valence-electron chi connectivity index (χ2n) is 6.06. The van der Waals surface area contributed by atoms with Crippen LogP contribution in [0, 0.1) is 11.6 Å². The van der Waals surface area contributed by atoms with Crippen molar-refractivity contribution in [3.05, 3.63) is 71.3 Å². The van der Waals surface area contributed by atoms with Gasteiger partial charge in [0.1, 0.15) is 29.8 Å². The molecule has 10 heteroatoms. The number of hydrogen-bond acceptors (Lipinski definition) is 5. The minimum atomic E-state index is -2.16. The van der Waals surface area contributed by atoms with Crippen molar-refractivity contribution in [1.29, 1.82) is 0 Å². The van der Waals surface area contributed by atoms with Gasteiger partial charge in [-0.2, -0.15) is 8.78 Å². The number of amidine groups is 1. The molecule has 0 saturated carbocycles. The Hall–Kier alpha value is -3.43. The highest BCUT2D eigenvalue weighted by atomic mass is 19.3. The second kappa shape index (κ2) is 7.29. The molecule has 1 unspecified atom stereocenters. The molecule has 3 rings (SSSR count). The zero-order chi connectivity index (χ0) is 20.5. The van der Waals surface area contributed by atoms with Crippen LogP contribution < -0.4 is 11.1 Å². The van der Waals surface area contributed by atoms with Crippen molar-refractivity contribution in [2.45, 2.75) is 12.5 Å². The first-order chi connectivity index (χ1) is 13.2. The van der Waals surface area contributed by atoms with Gasteiger partial charge in [0.05, 0.1) is 6.20 Å². The molecular weight excluding hydrogens is 380 g/mol. The minimum absolute atomic E-state index is 0.0860. The van der Waals surface area contributed by atoms with Crippen LogP contribution in [0.15, 0.2) is 53.4 Å². The number of rotatable bonds is 3.